The number of carbonyl (C=O) groups excluding carboxylic acids is 1. The van der Waals surface area contributed by atoms with Gasteiger partial charge in [0.2, 0.25) is 11.7 Å². The number of hydrogen-bond acceptors (Lipinski definition) is 5. The van der Waals surface area contributed by atoms with Gasteiger partial charge in [-0.25, -0.2) is 0 Å². The van der Waals surface area contributed by atoms with Crippen molar-refractivity contribution < 1.29 is 19.0 Å². The number of hydrogen-bond donors (Lipinski definition) is 1. The summed E-state index contributed by atoms with van der Waals surface area (Å²) in [5.41, 5.74) is 0.758. The summed E-state index contributed by atoms with van der Waals surface area (Å²) in [6.45, 7) is 0.668. The number of ether oxygens (including phenoxy) is 3. The molecule has 1 fully saturated rings. The number of anilines is 1. The molecule has 20 heavy (non-hydrogen) atoms. The Morgan fingerprint density at radius 3 is 2.20 bits per heavy atom. The third kappa shape index (κ3) is 2.65. The monoisotopic (exact) mass is 297 g/mol. The molecule has 0 radical (unpaired) electrons. The number of rotatable bonds is 5. The van der Waals surface area contributed by atoms with Gasteiger partial charge in [0.25, 0.3) is 0 Å². The highest BCUT2D eigenvalue weighted by atomic mass is 32.1. The molecule has 1 atom stereocenters. The van der Waals surface area contributed by atoms with Crippen molar-refractivity contribution >= 4 is 24.2 Å². The summed E-state index contributed by atoms with van der Waals surface area (Å²) in [5.74, 6) is 2.69. The van der Waals surface area contributed by atoms with Gasteiger partial charge in [0.1, 0.15) is 0 Å². The lowest BCUT2D eigenvalue weighted by molar-refractivity contribution is -0.117. The first-order chi connectivity index (χ1) is 9.64. The van der Waals surface area contributed by atoms with Gasteiger partial charge < -0.3 is 19.1 Å². The highest BCUT2D eigenvalue weighted by Crippen LogP contribution is 2.42. The molecule has 1 amide bonds. The zero-order valence-electron chi connectivity index (χ0n) is 11.9. The molecule has 0 spiro atoms. The van der Waals surface area contributed by atoms with Crippen molar-refractivity contribution in [3.8, 4) is 17.2 Å². The first-order valence-corrected chi connectivity index (χ1v) is 6.99. The predicted octanol–water partition coefficient (Wildman–Crippen LogP) is 2.00. The molecule has 0 bridgehead atoms. The number of methoxy groups -OCH3 is 3. The lowest BCUT2D eigenvalue weighted by Crippen LogP contribution is -2.24. The first kappa shape index (κ1) is 14.8. The van der Waals surface area contributed by atoms with Gasteiger partial charge in [-0.3, -0.25) is 4.79 Å². The second kappa shape index (κ2) is 6.26. The van der Waals surface area contributed by atoms with Crippen molar-refractivity contribution in [3.05, 3.63) is 12.1 Å². The molecule has 1 aliphatic rings. The van der Waals surface area contributed by atoms with Crippen LogP contribution in [-0.2, 0) is 4.79 Å². The van der Waals surface area contributed by atoms with E-state index in [0.29, 0.717) is 36.0 Å². The Labute approximate surface area is 124 Å². The van der Waals surface area contributed by atoms with Crippen molar-refractivity contribution in [2.75, 3.05) is 38.5 Å². The first-order valence-electron chi connectivity index (χ1n) is 6.35. The normalized spacial score (nSPS) is 18.3. The fourth-order valence-electron chi connectivity index (χ4n) is 2.38. The zero-order valence-corrected chi connectivity index (χ0v) is 12.8. The molecule has 0 N–H and O–H groups in total. The molecule has 0 aromatic heterocycles. The summed E-state index contributed by atoms with van der Waals surface area (Å²) >= 11 is 4.27. The smallest absolute Gasteiger partial charge is 0.227 e. The largest absolute Gasteiger partial charge is 0.493 e. The molecule has 1 aliphatic heterocycles. The Morgan fingerprint density at radius 2 is 1.80 bits per heavy atom. The highest BCUT2D eigenvalue weighted by molar-refractivity contribution is 7.80. The van der Waals surface area contributed by atoms with E-state index in [1.54, 1.807) is 38.4 Å². The minimum Gasteiger partial charge on any atom is -0.493 e. The molecular formula is C14H19NO4S. The Bertz CT molecular complexity index is 481. The van der Waals surface area contributed by atoms with Gasteiger partial charge in [-0.1, -0.05) is 0 Å². The number of amides is 1. The van der Waals surface area contributed by atoms with Crippen molar-refractivity contribution in [2.24, 2.45) is 5.92 Å². The van der Waals surface area contributed by atoms with Gasteiger partial charge in [-0.05, 0) is 11.7 Å². The summed E-state index contributed by atoms with van der Waals surface area (Å²) in [4.78, 5) is 13.8. The average molecular weight is 297 g/mol. The van der Waals surface area contributed by atoms with E-state index in [0.717, 1.165) is 5.69 Å². The number of thiol groups is 1. The topological polar surface area (TPSA) is 48.0 Å². The van der Waals surface area contributed by atoms with E-state index < -0.39 is 0 Å². The van der Waals surface area contributed by atoms with E-state index in [4.69, 9.17) is 14.2 Å². The summed E-state index contributed by atoms with van der Waals surface area (Å²) in [6.07, 6.45) is 0.528. The van der Waals surface area contributed by atoms with Gasteiger partial charge in [0.15, 0.2) is 11.5 Å². The second-order valence-electron chi connectivity index (χ2n) is 4.64. The molecule has 1 aromatic rings. The molecule has 0 saturated carbocycles. The fourth-order valence-corrected chi connectivity index (χ4v) is 2.62. The van der Waals surface area contributed by atoms with E-state index in [-0.39, 0.29) is 11.8 Å². The Morgan fingerprint density at radius 1 is 1.20 bits per heavy atom. The highest BCUT2D eigenvalue weighted by Gasteiger charge is 2.31. The van der Waals surface area contributed by atoms with Crippen LogP contribution in [0.2, 0.25) is 0 Å². The fraction of sp³-hybridized carbons (Fsp3) is 0.500. The van der Waals surface area contributed by atoms with E-state index in [9.17, 15) is 4.79 Å². The van der Waals surface area contributed by atoms with Crippen LogP contribution < -0.4 is 19.1 Å². The van der Waals surface area contributed by atoms with Crippen LogP contribution in [0, 0.1) is 5.92 Å². The third-order valence-corrected chi connectivity index (χ3v) is 3.94. The van der Waals surface area contributed by atoms with Crippen LogP contribution >= 0.6 is 12.6 Å². The van der Waals surface area contributed by atoms with Crippen LogP contribution in [-0.4, -0.2) is 39.5 Å². The molecule has 1 unspecified atom stereocenters. The molecule has 5 nitrogen and oxygen atoms in total. The zero-order chi connectivity index (χ0) is 14.7. The van der Waals surface area contributed by atoms with Gasteiger partial charge in [0.05, 0.1) is 27.0 Å². The summed E-state index contributed by atoms with van der Waals surface area (Å²) in [5, 5.41) is 0. The van der Waals surface area contributed by atoms with Crippen LogP contribution in [0.3, 0.4) is 0 Å². The third-order valence-electron chi connectivity index (χ3n) is 3.42. The molecule has 1 saturated heterocycles. The van der Waals surface area contributed by atoms with Crippen molar-refractivity contribution in [1.29, 1.82) is 0 Å². The van der Waals surface area contributed by atoms with Crippen LogP contribution in [0.25, 0.3) is 0 Å². The molecule has 0 aliphatic carbocycles. The molecular weight excluding hydrogens is 278 g/mol. The summed E-state index contributed by atoms with van der Waals surface area (Å²) in [7, 11) is 4.67. The molecule has 110 valence electrons. The second-order valence-corrected chi connectivity index (χ2v) is 5.01. The Balaban J connectivity index is 2.40. The lowest BCUT2D eigenvalue weighted by atomic mass is 10.1. The van der Waals surface area contributed by atoms with E-state index in [1.165, 1.54) is 0 Å². The average Bonchev–Trinajstić information content (AvgIpc) is 2.86. The van der Waals surface area contributed by atoms with E-state index in [1.807, 2.05) is 0 Å². The molecule has 6 heteroatoms. The summed E-state index contributed by atoms with van der Waals surface area (Å²) in [6, 6.07) is 3.58. The van der Waals surface area contributed by atoms with Crippen LogP contribution in [0.4, 0.5) is 5.69 Å². The van der Waals surface area contributed by atoms with Gasteiger partial charge in [0, 0.05) is 25.1 Å². The standard InChI is InChI=1S/C14H19NO4S/c1-17-11-5-10(6-12(18-2)14(11)19-3)15-7-9(8-20)4-13(15)16/h5-6,9,20H,4,7-8H2,1-3H3. The van der Waals surface area contributed by atoms with Crippen LogP contribution in [0.5, 0.6) is 17.2 Å². The van der Waals surface area contributed by atoms with Gasteiger partial charge in [-0.2, -0.15) is 12.6 Å². The number of nitrogens with zero attached hydrogens (tertiary/aromatic N) is 1. The van der Waals surface area contributed by atoms with Crippen molar-refractivity contribution in [2.45, 2.75) is 6.42 Å². The van der Waals surface area contributed by atoms with E-state index >= 15 is 0 Å². The number of benzene rings is 1. The maximum absolute atomic E-state index is 12.1. The molecule has 1 aromatic carbocycles. The SMILES string of the molecule is COc1cc(N2CC(CS)CC2=O)cc(OC)c1OC. The van der Waals surface area contributed by atoms with Crippen molar-refractivity contribution in [1.82, 2.24) is 0 Å². The molecule has 1 heterocycles. The maximum atomic E-state index is 12.1. The summed E-state index contributed by atoms with van der Waals surface area (Å²) < 4.78 is 15.9. The van der Waals surface area contributed by atoms with Crippen LogP contribution in [0.15, 0.2) is 12.1 Å². The Kier molecular flexibility index (Phi) is 4.65. The van der Waals surface area contributed by atoms with Crippen molar-refractivity contribution in [3.63, 3.8) is 0 Å². The number of carbonyl (C=O) groups is 1. The van der Waals surface area contributed by atoms with E-state index in [2.05, 4.69) is 12.6 Å². The maximum Gasteiger partial charge on any atom is 0.227 e. The van der Waals surface area contributed by atoms with Gasteiger partial charge >= 0.3 is 0 Å². The minimum absolute atomic E-state index is 0.0957. The molecule has 2 rings (SSSR count). The predicted molar refractivity (Wildman–Crippen MR) is 80.4 cm³/mol. The van der Waals surface area contributed by atoms with Gasteiger partial charge in [-0.15, -0.1) is 0 Å². The quantitative estimate of drug-likeness (QED) is 0.845. The minimum atomic E-state index is 0.0957. The van der Waals surface area contributed by atoms with Crippen LogP contribution in [0.1, 0.15) is 6.42 Å². The lowest BCUT2D eigenvalue weighted by Gasteiger charge is -2.20. The Hall–Kier alpha value is -1.56.